The number of nitrogens with one attached hydrogen (secondary N) is 1. The maximum Gasteiger partial charge on any atom is 0.209 e. The molecule has 4 rings (SSSR count). The van der Waals surface area contributed by atoms with Crippen LogP contribution in [-0.2, 0) is 10.0 Å². The highest BCUT2D eigenvalue weighted by Crippen LogP contribution is 2.55. The smallest absolute Gasteiger partial charge is 0.209 e. The summed E-state index contributed by atoms with van der Waals surface area (Å²) in [7, 11) is -3.09. The van der Waals surface area contributed by atoms with Crippen LogP contribution in [0, 0.1) is 17.8 Å². The molecule has 0 aromatic heterocycles. The summed E-state index contributed by atoms with van der Waals surface area (Å²) < 4.78 is 25.8. The summed E-state index contributed by atoms with van der Waals surface area (Å²) in [5, 5.41) is 0. The van der Waals surface area contributed by atoms with Gasteiger partial charge in [0, 0.05) is 11.6 Å². The molecule has 4 fully saturated rings. The van der Waals surface area contributed by atoms with Gasteiger partial charge in [0.15, 0.2) is 0 Å². The third kappa shape index (κ3) is 1.69. The fourth-order valence-corrected chi connectivity index (χ4v) is 5.62. The van der Waals surface area contributed by atoms with E-state index in [0.717, 1.165) is 19.3 Å². The van der Waals surface area contributed by atoms with Crippen LogP contribution in [0.4, 0.5) is 0 Å². The first-order valence-electron chi connectivity index (χ1n) is 6.11. The lowest BCUT2D eigenvalue weighted by Crippen LogP contribution is -2.65. The maximum absolute atomic E-state index is 11.5. The van der Waals surface area contributed by atoms with E-state index in [1.165, 1.54) is 19.1 Å². The van der Waals surface area contributed by atoms with Gasteiger partial charge in [0.05, 0.1) is 6.26 Å². The van der Waals surface area contributed by atoms with Crippen molar-refractivity contribution in [1.82, 2.24) is 4.72 Å². The Hall–Kier alpha value is -0.130. The highest BCUT2D eigenvalue weighted by Gasteiger charge is 2.55. The molecule has 0 saturated heterocycles. The molecule has 0 amide bonds. The molecule has 4 nitrogen and oxygen atoms in total. The van der Waals surface area contributed by atoms with Crippen LogP contribution in [0.5, 0.6) is 0 Å². The van der Waals surface area contributed by atoms with Crippen LogP contribution in [0.2, 0.25) is 0 Å². The molecule has 5 heteroatoms. The van der Waals surface area contributed by atoms with Crippen molar-refractivity contribution in [3.63, 3.8) is 0 Å². The van der Waals surface area contributed by atoms with Crippen molar-refractivity contribution in [2.24, 2.45) is 23.5 Å². The Morgan fingerprint density at radius 1 is 1.19 bits per heavy atom. The van der Waals surface area contributed by atoms with Gasteiger partial charge in [-0.2, -0.15) is 0 Å². The normalized spacial score (nSPS) is 50.9. The van der Waals surface area contributed by atoms with Gasteiger partial charge in [-0.1, -0.05) is 0 Å². The quantitative estimate of drug-likeness (QED) is 0.740. The Labute approximate surface area is 97.0 Å². The van der Waals surface area contributed by atoms with Gasteiger partial charge in [-0.3, -0.25) is 0 Å². The zero-order chi connectivity index (χ0) is 11.6. The number of hydrogen-bond donors (Lipinski definition) is 2. The summed E-state index contributed by atoms with van der Waals surface area (Å²) in [6.07, 6.45) is 6.63. The second-order valence-corrected chi connectivity index (χ2v) is 7.95. The van der Waals surface area contributed by atoms with Crippen molar-refractivity contribution in [3.8, 4) is 0 Å². The van der Waals surface area contributed by atoms with Crippen LogP contribution in [0.15, 0.2) is 0 Å². The molecule has 16 heavy (non-hydrogen) atoms. The van der Waals surface area contributed by atoms with E-state index >= 15 is 0 Å². The van der Waals surface area contributed by atoms with Crippen molar-refractivity contribution in [1.29, 1.82) is 0 Å². The molecule has 0 aliphatic heterocycles. The molecule has 0 heterocycles. The van der Waals surface area contributed by atoms with Gasteiger partial charge in [-0.15, -0.1) is 0 Å². The summed E-state index contributed by atoms with van der Waals surface area (Å²) >= 11 is 0. The standard InChI is InChI=1S/C11H20N2O2S/c1-16(14,15)13-11-4-7-2-8(5-11)10(12)9(3-7)6-11/h7-10,13H,2-6,12H2,1H3/t7?,8-,9?,10-,11-/m0/s1. The predicted molar refractivity (Wildman–Crippen MR) is 62.2 cm³/mol. The molecule has 0 aromatic rings. The molecule has 0 spiro atoms. The molecule has 0 aromatic carbocycles. The monoisotopic (exact) mass is 244 g/mol. The average molecular weight is 244 g/mol. The highest BCUT2D eigenvalue weighted by molar-refractivity contribution is 7.88. The number of sulfonamides is 1. The third-order valence-corrected chi connectivity index (χ3v) is 5.55. The van der Waals surface area contributed by atoms with Gasteiger partial charge in [0.25, 0.3) is 0 Å². The van der Waals surface area contributed by atoms with E-state index in [9.17, 15) is 8.42 Å². The van der Waals surface area contributed by atoms with E-state index in [1.54, 1.807) is 0 Å². The lowest BCUT2D eigenvalue weighted by Gasteiger charge is -2.59. The van der Waals surface area contributed by atoms with Crippen molar-refractivity contribution in [2.75, 3.05) is 6.26 Å². The number of rotatable bonds is 2. The van der Waals surface area contributed by atoms with E-state index in [2.05, 4.69) is 4.72 Å². The van der Waals surface area contributed by atoms with E-state index in [-0.39, 0.29) is 5.54 Å². The van der Waals surface area contributed by atoms with E-state index < -0.39 is 10.0 Å². The van der Waals surface area contributed by atoms with Gasteiger partial charge < -0.3 is 5.73 Å². The van der Waals surface area contributed by atoms with Gasteiger partial charge in [0.1, 0.15) is 0 Å². The van der Waals surface area contributed by atoms with Crippen molar-refractivity contribution >= 4 is 10.0 Å². The van der Waals surface area contributed by atoms with Crippen LogP contribution in [0.3, 0.4) is 0 Å². The zero-order valence-electron chi connectivity index (χ0n) is 9.65. The number of nitrogens with two attached hydrogens (primary N) is 1. The largest absolute Gasteiger partial charge is 0.327 e. The Morgan fingerprint density at radius 2 is 1.75 bits per heavy atom. The zero-order valence-corrected chi connectivity index (χ0v) is 10.5. The molecule has 4 bridgehead atoms. The van der Waals surface area contributed by atoms with Crippen LogP contribution < -0.4 is 10.5 Å². The third-order valence-electron chi connectivity index (χ3n) is 4.75. The van der Waals surface area contributed by atoms with E-state index in [0.29, 0.717) is 23.8 Å². The van der Waals surface area contributed by atoms with Gasteiger partial charge >= 0.3 is 0 Å². The van der Waals surface area contributed by atoms with Crippen molar-refractivity contribution < 1.29 is 8.42 Å². The SMILES string of the molecule is CS(=O)(=O)N[C@]12CC3CC(C1)[C@@H](N)[C@@H](C3)C2. The van der Waals surface area contributed by atoms with Crippen LogP contribution in [0.25, 0.3) is 0 Å². The van der Waals surface area contributed by atoms with E-state index in [4.69, 9.17) is 5.73 Å². The summed E-state index contributed by atoms with van der Waals surface area (Å²) in [4.78, 5) is 0. The first kappa shape index (κ1) is 11.0. The Balaban J connectivity index is 1.88. The summed E-state index contributed by atoms with van der Waals surface area (Å²) in [5.74, 6) is 1.78. The van der Waals surface area contributed by atoms with Crippen molar-refractivity contribution in [2.45, 2.75) is 43.7 Å². The first-order valence-corrected chi connectivity index (χ1v) is 8.01. The second-order valence-electron chi connectivity index (χ2n) is 6.20. The molecule has 4 aliphatic rings. The van der Waals surface area contributed by atoms with Crippen LogP contribution in [-0.4, -0.2) is 26.3 Å². The minimum absolute atomic E-state index is 0.153. The summed E-state index contributed by atoms with van der Waals surface area (Å²) in [6.45, 7) is 0. The van der Waals surface area contributed by atoms with E-state index in [1.807, 2.05) is 0 Å². The van der Waals surface area contributed by atoms with Gasteiger partial charge in [-0.05, 0) is 49.9 Å². The molecule has 4 saturated carbocycles. The minimum atomic E-state index is -3.09. The van der Waals surface area contributed by atoms with Crippen LogP contribution in [0.1, 0.15) is 32.1 Å². The topological polar surface area (TPSA) is 72.2 Å². The molecule has 0 radical (unpaired) electrons. The maximum atomic E-state index is 11.5. The van der Waals surface area contributed by atoms with Crippen LogP contribution >= 0.6 is 0 Å². The van der Waals surface area contributed by atoms with Crippen molar-refractivity contribution in [3.05, 3.63) is 0 Å². The fourth-order valence-electron chi connectivity index (χ4n) is 4.58. The Kier molecular flexibility index (Phi) is 2.20. The Bertz CT molecular complexity index is 390. The number of hydrogen-bond acceptors (Lipinski definition) is 3. The highest BCUT2D eigenvalue weighted by atomic mass is 32.2. The summed E-state index contributed by atoms with van der Waals surface area (Å²) in [6, 6.07) is 0.311. The molecule has 2 unspecified atom stereocenters. The lowest BCUT2D eigenvalue weighted by molar-refractivity contribution is -0.0249. The first-order chi connectivity index (χ1) is 7.37. The molecular weight excluding hydrogens is 224 g/mol. The second kappa shape index (κ2) is 3.21. The summed E-state index contributed by atoms with van der Waals surface area (Å²) in [5.41, 5.74) is 6.06. The minimum Gasteiger partial charge on any atom is -0.327 e. The Morgan fingerprint density at radius 3 is 2.25 bits per heavy atom. The van der Waals surface area contributed by atoms with Gasteiger partial charge in [0.2, 0.25) is 10.0 Å². The molecule has 3 N–H and O–H groups in total. The molecular formula is C11H20N2O2S. The molecule has 5 atom stereocenters. The lowest BCUT2D eigenvalue weighted by atomic mass is 9.51. The average Bonchev–Trinajstić information content (AvgIpc) is 2.08. The molecule has 4 aliphatic carbocycles. The predicted octanol–water partition coefficient (Wildman–Crippen LogP) is 0.442. The van der Waals surface area contributed by atoms with Gasteiger partial charge in [-0.25, -0.2) is 13.1 Å². The molecule has 92 valence electrons. The fraction of sp³-hybridized carbons (Fsp3) is 1.00.